The third-order valence-electron chi connectivity index (χ3n) is 4.85. The Kier molecular flexibility index (Phi) is 9.13. The quantitative estimate of drug-likeness (QED) is 0.352. The van der Waals surface area contributed by atoms with Gasteiger partial charge < -0.3 is 15.4 Å². The number of nitrogens with one attached hydrogen (secondary N) is 2. The first-order chi connectivity index (χ1) is 11.5. The van der Waals surface area contributed by atoms with Crippen LogP contribution in [0.1, 0.15) is 53.9 Å². The van der Waals surface area contributed by atoms with Crippen molar-refractivity contribution in [1.82, 2.24) is 10.6 Å². The van der Waals surface area contributed by atoms with Gasteiger partial charge in [0.2, 0.25) is 0 Å². The molecule has 6 nitrogen and oxygen atoms in total. The van der Waals surface area contributed by atoms with E-state index in [0.29, 0.717) is 18.3 Å². The first-order valence-electron chi connectivity index (χ1n) is 9.45. The molecule has 2 fully saturated rings. The summed E-state index contributed by atoms with van der Waals surface area (Å²) in [6.45, 7) is 12.1. The van der Waals surface area contributed by atoms with Crippen molar-refractivity contribution in [3.8, 4) is 0 Å². The molecule has 2 aliphatic rings. The van der Waals surface area contributed by atoms with Crippen molar-refractivity contribution in [3.63, 3.8) is 0 Å². The minimum atomic E-state index is -2.84. The molecule has 3 atom stereocenters. The summed E-state index contributed by atoms with van der Waals surface area (Å²) in [4.78, 5) is 4.68. The number of guanidine groups is 1. The number of rotatable bonds is 4. The van der Waals surface area contributed by atoms with Gasteiger partial charge in [-0.1, -0.05) is 20.8 Å². The Morgan fingerprint density at radius 3 is 2.50 bits per heavy atom. The Morgan fingerprint density at radius 1 is 1.27 bits per heavy atom. The number of hydrogen-bond acceptors (Lipinski definition) is 4. The molecule has 2 heterocycles. The molecule has 0 aromatic carbocycles. The lowest BCUT2D eigenvalue weighted by molar-refractivity contribution is -0.0560. The maximum atomic E-state index is 11.6. The van der Waals surface area contributed by atoms with E-state index in [-0.39, 0.29) is 53.2 Å². The molecule has 8 heteroatoms. The van der Waals surface area contributed by atoms with Gasteiger partial charge in [-0.25, -0.2) is 8.42 Å². The lowest BCUT2D eigenvalue weighted by atomic mass is 9.83. The molecule has 0 bridgehead atoms. The summed E-state index contributed by atoms with van der Waals surface area (Å²) >= 11 is 0. The van der Waals surface area contributed by atoms with Gasteiger partial charge in [0.05, 0.1) is 17.6 Å². The van der Waals surface area contributed by atoms with Gasteiger partial charge in [0.15, 0.2) is 15.8 Å². The zero-order valence-electron chi connectivity index (χ0n) is 16.7. The highest BCUT2D eigenvalue weighted by molar-refractivity contribution is 14.0. The number of hydrogen-bond donors (Lipinski definition) is 2. The number of halogens is 1. The second kappa shape index (κ2) is 9.91. The molecular weight excluding hydrogens is 465 g/mol. The third-order valence-corrected chi connectivity index (χ3v) is 6.69. The monoisotopic (exact) mass is 501 g/mol. The van der Waals surface area contributed by atoms with Crippen LogP contribution in [0.15, 0.2) is 4.99 Å². The fourth-order valence-corrected chi connectivity index (χ4v) is 5.22. The zero-order chi connectivity index (χ0) is 18.7. The maximum Gasteiger partial charge on any atom is 0.191 e. The van der Waals surface area contributed by atoms with Crippen LogP contribution in [0.25, 0.3) is 0 Å². The second-order valence-corrected chi connectivity index (χ2v) is 11.1. The fourth-order valence-electron chi connectivity index (χ4n) is 3.37. The van der Waals surface area contributed by atoms with Crippen LogP contribution in [0.5, 0.6) is 0 Å². The van der Waals surface area contributed by atoms with E-state index in [1.807, 2.05) is 0 Å². The Bertz CT molecular complexity index is 573. The molecule has 3 unspecified atom stereocenters. The minimum Gasteiger partial charge on any atom is -0.378 e. The van der Waals surface area contributed by atoms with Crippen LogP contribution in [0.4, 0.5) is 0 Å². The molecule has 2 saturated heterocycles. The third kappa shape index (κ3) is 7.88. The molecule has 0 aromatic heterocycles. The molecule has 0 radical (unpaired) electrons. The smallest absolute Gasteiger partial charge is 0.191 e. The van der Waals surface area contributed by atoms with Crippen LogP contribution in [0.3, 0.4) is 0 Å². The van der Waals surface area contributed by atoms with Gasteiger partial charge in [0.1, 0.15) is 0 Å². The molecule has 0 aliphatic carbocycles. The van der Waals surface area contributed by atoms with Crippen molar-refractivity contribution in [3.05, 3.63) is 0 Å². The summed E-state index contributed by atoms with van der Waals surface area (Å²) in [5, 5.41) is 6.92. The number of aliphatic imine (C=N–C) groups is 1. The van der Waals surface area contributed by atoms with Crippen LogP contribution in [-0.4, -0.2) is 57.2 Å². The molecule has 2 rings (SSSR count). The largest absolute Gasteiger partial charge is 0.378 e. The van der Waals surface area contributed by atoms with Crippen molar-refractivity contribution >= 4 is 39.8 Å². The Labute approximate surface area is 176 Å². The highest BCUT2D eigenvalue weighted by Crippen LogP contribution is 2.29. The predicted molar refractivity (Wildman–Crippen MR) is 118 cm³/mol. The molecule has 2 N–H and O–H groups in total. The minimum absolute atomic E-state index is 0. The van der Waals surface area contributed by atoms with Crippen molar-refractivity contribution < 1.29 is 13.2 Å². The van der Waals surface area contributed by atoms with Crippen molar-refractivity contribution in [2.24, 2.45) is 16.3 Å². The summed E-state index contributed by atoms with van der Waals surface area (Å²) in [5.74, 6) is 1.52. The fraction of sp³-hybridized carbons (Fsp3) is 0.944. The average molecular weight is 501 g/mol. The molecule has 0 spiro atoms. The Balaban J connectivity index is 0.00000338. The summed E-state index contributed by atoms with van der Waals surface area (Å²) in [7, 11) is -2.84. The molecule has 154 valence electrons. The van der Waals surface area contributed by atoms with Crippen LogP contribution < -0.4 is 10.6 Å². The summed E-state index contributed by atoms with van der Waals surface area (Å²) in [6.07, 6.45) is 2.88. The molecule has 0 saturated carbocycles. The summed E-state index contributed by atoms with van der Waals surface area (Å²) in [6, 6.07) is 0.604. The van der Waals surface area contributed by atoms with E-state index in [0.717, 1.165) is 31.8 Å². The molecule has 26 heavy (non-hydrogen) atoms. The van der Waals surface area contributed by atoms with Gasteiger partial charge in [-0.2, -0.15) is 0 Å². The van der Waals surface area contributed by atoms with E-state index in [2.05, 4.69) is 50.2 Å². The van der Waals surface area contributed by atoms with Gasteiger partial charge in [-0.15, -0.1) is 24.0 Å². The average Bonchev–Trinajstić information content (AvgIpc) is 2.83. The first-order valence-corrected chi connectivity index (χ1v) is 11.3. The van der Waals surface area contributed by atoms with E-state index in [4.69, 9.17) is 4.74 Å². The second-order valence-electron chi connectivity index (χ2n) is 8.85. The molecular formula is C18H36IN3O3S. The topological polar surface area (TPSA) is 79.8 Å². The van der Waals surface area contributed by atoms with Gasteiger partial charge in [-0.3, -0.25) is 4.99 Å². The van der Waals surface area contributed by atoms with E-state index >= 15 is 0 Å². The summed E-state index contributed by atoms with van der Waals surface area (Å²) < 4.78 is 29.2. The van der Waals surface area contributed by atoms with Crippen LogP contribution >= 0.6 is 24.0 Å². The van der Waals surface area contributed by atoms with Crippen molar-refractivity contribution in [2.75, 3.05) is 24.7 Å². The standard InChI is InChI=1S/C18H35N3O3S.HI/c1-13(2)20-17(19-11-14-7-9-25(22,23)12-14)21-15-6-8-24-16(10-15)18(3,4)5;/h13-16H,6-12H2,1-5H3,(H2,19,20,21);1H. The zero-order valence-corrected chi connectivity index (χ0v) is 19.9. The number of sulfone groups is 1. The van der Waals surface area contributed by atoms with Crippen LogP contribution in [0.2, 0.25) is 0 Å². The normalized spacial score (nSPS) is 29.3. The molecule has 0 amide bonds. The van der Waals surface area contributed by atoms with E-state index < -0.39 is 9.84 Å². The van der Waals surface area contributed by atoms with Crippen molar-refractivity contribution in [2.45, 2.75) is 72.1 Å². The summed E-state index contributed by atoms with van der Waals surface area (Å²) in [5.41, 5.74) is 0.126. The highest BCUT2D eigenvalue weighted by Gasteiger charge is 2.32. The van der Waals surface area contributed by atoms with Crippen molar-refractivity contribution in [1.29, 1.82) is 0 Å². The Hall–Kier alpha value is -0.0900. The van der Waals surface area contributed by atoms with E-state index in [9.17, 15) is 8.42 Å². The van der Waals surface area contributed by atoms with Gasteiger partial charge >= 0.3 is 0 Å². The van der Waals surface area contributed by atoms with Gasteiger partial charge in [-0.05, 0) is 44.4 Å². The maximum absolute atomic E-state index is 11.6. The SMILES string of the molecule is CC(C)NC(=NCC1CCS(=O)(=O)C1)NC1CCOC(C(C)(C)C)C1.I. The lowest BCUT2D eigenvalue weighted by Gasteiger charge is -2.38. The van der Waals surface area contributed by atoms with Crippen LogP contribution in [0, 0.1) is 11.3 Å². The molecule has 2 aliphatic heterocycles. The highest BCUT2D eigenvalue weighted by atomic mass is 127. The number of nitrogens with zero attached hydrogens (tertiary/aromatic N) is 1. The van der Waals surface area contributed by atoms with E-state index in [1.165, 1.54) is 0 Å². The first kappa shape index (κ1) is 23.9. The Morgan fingerprint density at radius 2 is 1.96 bits per heavy atom. The molecule has 0 aromatic rings. The lowest BCUT2D eigenvalue weighted by Crippen LogP contribution is -2.50. The van der Waals surface area contributed by atoms with Crippen LogP contribution in [-0.2, 0) is 14.6 Å². The van der Waals surface area contributed by atoms with E-state index in [1.54, 1.807) is 0 Å². The predicted octanol–water partition coefficient (Wildman–Crippen LogP) is 2.58. The van der Waals surface area contributed by atoms with Gasteiger partial charge in [0, 0.05) is 25.2 Å². The number of ether oxygens (including phenoxy) is 1. The van der Waals surface area contributed by atoms with Gasteiger partial charge in [0.25, 0.3) is 0 Å².